The van der Waals surface area contributed by atoms with Crippen molar-refractivity contribution in [1.82, 2.24) is 0 Å². The molecule has 0 saturated heterocycles. The van der Waals surface area contributed by atoms with Crippen LogP contribution in [0.2, 0.25) is 0 Å². The van der Waals surface area contributed by atoms with Crippen molar-refractivity contribution in [2.24, 2.45) is 51.8 Å². The molecule has 31 heavy (non-hydrogen) atoms. The summed E-state index contributed by atoms with van der Waals surface area (Å²) < 4.78 is 0. The predicted molar refractivity (Wildman–Crippen MR) is 130 cm³/mol. The number of hydrogen-bond acceptors (Lipinski definition) is 2. The lowest BCUT2D eigenvalue weighted by atomic mass is 9.44. The van der Waals surface area contributed by atoms with Gasteiger partial charge in [0.1, 0.15) is 0 Å². The van der Waals surface area contributed by atoms with Crippen LogP contribution in [0.15, 0.2) is 11.6 Å². The molecule has 0 heterocycles. The molecule has 3 fully saturated rings. The molecule has 4 aliphatic rings. The lowest BCUT2D eigenvalue weighted by Crippen LogP contribution is -2.54. The topological polar surface area (TPSA) is 40.5 Å². The molecule has 2 heteroatoms. The lowest BCUT2D eigenvalue weighted by Gasteiger charge is -2.61. The molecule has 4 aliphatic carbocycles. The van der Waals surface area contributed by atoms with Crippen LogP contribution in [-0.2, 0) is 0 Å². The number of hydrogen-bond donors (Lipinski definition) is 2. The normalized spacial score (nSPS) is 45.8. The number of rotatable bonds is 6. The van der Waals surface area contributed by atoms with Crippen molar-refractivity contribution < 1.29 is 10.2 Å². The maximum atomic E-state index is 10.7. The van der Waals surface area contributed by atoms with Gasteiger partial charge in [-0.05, 0) is 97.7 Å². The predicted octanol–water partition coefficient (Wildman–Crippen LogP) is 7.00. The molecule has 3 saturated carbocycles. The van der Waals surface area contributed by atoms with E-state index in [0.717, 1.165) is 36.0 Å². The van der Waals surface area contributed by atoms with E-state index in [4.69, 9.17) is 0 Å². The summed E-state index contributed by atoms with van der Waals surface area (Å²) in [7, 11) is 0. The summed E-state index contributed by atoms with van der Waals surface area (Å²) in [5.74, 6) is 4.70. The van der Waals surface area contributed by atoms with E-state index in [2.05, 4.69) is 47.6 Å². The second kappa shape index (κ2) is 8.46. The fourth-order valence-corrected chi connectivity index (χ4v) is 9.45. The number of fused-ring (bicyclic) bond motifs is 5. The van der Waals surface area contributed by atoms with Crippen molar-refractivity contribution in [2.75, 3.05) is 6.61 Å². The van der Waals surface area contributed by atoms with E-state index in [1.807, 2.05) is 0 Å². The quantitative estimate of drug-likeness (QED) is 0.445. The second-order valence-electron chi connectivity index (χ2n) is 13.3. The van der Waals surface area contributed by atoms with Crippen LogP contribution in [0.5, 0.6) is 0 Å². The van der Waals surface area contributed by atoms with E-state index < -0.39 is 0 Å². The second-order valence-corrected chi connectivity index (χ2v) is 13.3. The molecule has 2 nitrogen and oxygen atoms in total. The molecule has 9 atom stereocenters. The van der Waals surface area contributed by atoms with E-state index >= 15 is 0 Å². The Labute approximate surface area is 192 Å². The van der Waals surface area contributed by atoms with Gasteiger partial charge in [0.05, 0.1) is 6.10 Å². The highest BCUT2D eigenvalue weighted by Crippen LogP contribution is 2.68. The van der Waals surface area contributed by atoms with Gasteiger partial charge in [-0.15, -0.1) is 0 Å². The van der Waals surface area contributed by atoms with Crippen molar-refractivity contribution in [3.63, 3.8) is 0 Å². The molecular weight excluding hydrogens is 380 g/mol. The molecule has 0 unspecified atom stereocenters. The minimum atomic E-state index is -0.178. The zero-order valence-corrected chi connectivity index (χ0v) is 21.3. The molecule has 178 valence electrons. The molecule has 0 aromatic heterocycles. The average molecular weight is 431 g/mol. The van der Waals surface area contributed by atoms with E-state index in [9.17, 15) is 10.2 Å². The minimum absolute atomic E-state index is 0.0584. The van der Waals surface area contributed by atoms with Gasteiger partial charge in [-0.1, -0.05) is 66.0 Å². The van der Waals surface area contributed by atoms with Crippen molar-refractivity contribution in [1.29, 1.82) is 0 Å². The highest BCUT2D eigenvalue weighted by atomic mass is 16.3. The summed E-state index contributed by atoms with van der Waals surface area (Å²) in [5, 5.41) is 20.1. The van der Waals surface area contributed by atoms with E-state index in [-0.39, 0.29) is 11.5 Å². The van der Waals surface area contributed by atoms with Crippen molar-refractivity contribution in [2.45, 2.75) is 112 Å². The number of allylic oxidation sites excluding steroid dienone is 1. The first-order valence-electron chi connectivity index (χ1n) is 13.6. The van der Waals surface area contributed by atoms with Crippen LogP contribution in [0.25, 0.3) is 0 Å². The Bertz CT molecular complexity index is 680. The summed E-state index contributed by atoms with van der Waals surface area (Å²) in [6.45, 7) is 14.8. The van der Waals surface area contributed by atoms with Gasteiger partial charge in [0.25, 0.3) is 0 Å². The van der Waals surface area contributed by atoms with Crippen LogP contribution in [0.3, 0.4) is 0 Å². The van der Waals surface area contributed by atoms with Gasteiger partial charge in [0.15, 0.2) is 0 Å². The highest BCUT2D eigenvalue weighted by Gasteiger charge is 2.61. The molecule has 0 spiro atoms. The highest BCUT2D eigenvalue weighted by molar-refractivity contribution is 5.31. The van der Waals surface area contributed by atoms with Gasteiger partial charge in [-0.25, -0.2) is 0 Å². The molecule has 0 aliphatic heterocycles. The largest absolute Gasteiger partial charge is 0.396 e. The van der Waals surface area contributed by atoms with Crippen LogP contribution < -0.4 is 0 Å². The van der Waals surface area contributed by atoms with Gasteiger partial charge in [0.2, 0.25) is 0 Å². The van der Waals surface area contributed by atoms with Crippen LogP contribution >= 0.6 is 0 Å². The monoisotopic (exact) mass is 430 g/mol. The molecule has 2 N–H and O–H groups in total. The summed E-state index contributed by atoms with van der Waals surface area (Å²) >= 11 is 0. The third-order valence-electron chi connectivity index (χ3n) is 11.4. The number of aliphatic hydroxyl groups is 2. The maximum Gasteiger partial charge on any atom is 0.0628 e. The third-order valence-corrected chi connectivity index (χ3v) is 11.4. The molecule has 0 aromatic carbocycles. The Morgan fingerprint density at radius 1 is 0.968 bits per heavy atom. The smallest absolute Gasteiger partial charge is 0.0628 e. The Balaban J connectivity index is 1.50. The zero-order chi connectivity index (χ0) is 22.6. The first kappa shape index (κ1) is 23.8. The first-order chi connectivity index (χ1) is 14.6. The summed E-state index contributed by atoms with van der Waals surface area (Å²) in [6, 6.07) is 0. The van der Waals surface area contributed by atoms with Gasteiger partial charge in [0, 0.05) is 12.0 Å². The van der Waals surface area contributed by atoms with Gasteiger partial charge in [-0.2, -0.15) is 0 Å². The van der Waals surface area contributed by atoms with Gasteiger partial charge < -0.3 is 10.2 Å². The summed E-state index contributed by atoms with van der Waals surface area (Å²) in [4.78, 5) is 0. The van der Waals surface area contributed by atoms with E-state index in [1.54, 1.807) is 5.57 Å². The maximum absolute atomic E-state index is 10.7. The lowest BCUT2D eigenvalue weighted by molar-refractivity contribution is -0.0782. The summed E-state index contributed by atoms with van der Waals surface area (Å²) in [6.07, 6.45) is 15.3. The fourth-order valence-electron chi connectivity index (χ4n) is 9.45. The Morgan fingerprint density at radius 2 is 1.71 bits per heavy atom. The standard InChI is InChI=1S/C29H50O2/c1-19(18-30)8-7-9-20(2)22-11-12-23-21-10-13-25-27(3,4)26(31)15-17-29(25,6)24(21)14-16-28(22,23)5/h13,19-24,26,30-31H,7-12,14-18H2,1-6H3/t19-,20-,21+,22-,23+,24+,26+,28-,29-/m1/s1. The molecule has 0 radical (unpaired) electrons. The van der Waals surface area contributed by atoms with Gasteiger partial charge >= 0.3 is 0 Å². The SMILES string of the molecule is C[C@@H](CO)CCC[C@@H](C)[C@H]1CC[C@H]2[C@@H]3CC=C4C(C)(C)[C@@H](O)CC[C@]4(C)[C@H]3CC[C@]12C. The Hall–Kier alpha value is -0.340. The van der Waals surface area contributed by atoms with E-state index in [1.165, 1.54) is 57.8 Å². The van der Waals surface area contributed by atoms with E-state index in [0.29, 0.717) is 23.4 Å². The Kier molecular flexibility index (Phi) is 6.50. The molecule has 0 aromatic rings. The zero-order valence-electron chi connectivity index (χ0n) is 21.3. The van der Waals surface area contributed by atoms with Gasteiger partial charge in [-0.3, -0.25) is 0 Å². The minimum Gasteiger partial charge on any atom is -0.396 e. The van der Waals surface area contributed by atoms with Crippen LogP contribution in [0.4, 0.5) is 0 Å². The fraction of sp³-hybridized carbons (Fsp3) is 0.931. The summed E-state index contributed by atoms with van der Waals surface area (Å²) in [5.41, 5.74) is 2.35. The molecule has 0 amide bonds. The van der Waals surface area contributed by atoms with Crippen molar-refractivity contribution in [3.05, 3.63) is 11.6 Å². The molecular formula is C29H50O2. The number of aliphatic hydroxyl groups excluding tert-OH is 2. The third kappa shape index (κ3) is 3.76. The average Bonchev–Trinajstić information content (AvgIpc) is 3.08. The first-order valence-corrected chi connectivity index (χ1v) is 13.6. The van der Waals surface area contributed by atoms with Crippen molar-refractivity contribution in [3.8, 4) is 0 Å². The Morgan fingerprint density at radius 3 is 2.42 bits per heavy atom. The van der Waals surface area contributed by atoms with Crippen LogP contribution in [-0.4, -0.2) is 22.9 Å². The van der Waals surface area contributed by atoms with Crippen LogP contribution in [0, 0.1) is 51.8 Å². The molecule has 4 rings (SSSR count). The molecule has 0 bridgehead atoms. The van der Waals surface area contributed by atoms with Crippen LogP contribution in [0.1, 0.15) is 106 Å². The van der Waals surface area contributed by atoms with Crippen molar-refractivity contribution >= 4 is 0 Å².